The third-order valence-corrected chi connectivity index (χ3v) is 2.17. The molecule has 0 fully saturated rings. The van der Waals surface area contributed by atoms with Crippen molar-refractivity contribution in [1.82, 2.24) is 4.98 Å². The summed E-state index contributed by atoms with van der Waals surface area (Å²) in [5, 5.41) is 4.33. The molecule has 0 saturated carbocycles. The lowest BCUT2D eigenvalue weighted by molar-refractivity contribution is 1.37. The van der Waals surface area contributed by atoms with Crippen molar-refractivity contribution >= 4 is 16.6 Å². The van der Waals surface area contributed by atoms with Crippen LogP contribution in [0.1, 0.15) is 5.56 Å². The van der Waals surface area contributed by atoms with Crippen LogP contribution < -0.4 is 5.32 Å². The van der Waals surface area contributed by atoms with Gasteiger partial charge in [0.2, 0.25) is 0 Å². The summed E-state index contributed by atoms with van der Waals surface area (Å²) in [4.78, 5) is 4.31. The molecule has 13 heavy (non-hydrogen) atoms. The number of nitrogens with zero attached hydrogens (tertiary/aromatic N) is 1. The van der Waals surface area contributed by atoms with Gasteiger partial charge in [-0.2, -0.15) is 0 Å². The predicted molar refractivity (Wildman–Crippen MR) is 56.0 cm³/mol. The highest BCUT2D eigenvalue weighted by Gasteiger charge is 1.98. The van der Waals surface area contributed by atoms with E-state index < -0.39 is 0 Å². The largest absolute Gasteiger partial charge is 0.388 e. The van der Waals surface area contributed by atoms with Gasteiger partial charge < -0.3 is 5.32 Å². The first-order valence-electron chi connectivity index (χ1n) is 4.34. The molecule has 1 aromatic heterocycles. The topological polar surface area (TPSA) is 24.9 Å². The average Bonchev–Trinajstić information content (AvgIpc) is 2.16. The van der Waals surface area contributed by atoms with Crippen LogP contribution in [0.25, 0.3) is 10.9 Å². The molecule has 0 saturated heterocycles. The number of hydrogen-bond acceptors (Lipinski definition) is 2. The molecule has 0 amide bonds. The third-order valence-electron chi connectivity index (χ3n) is 2.17. The van der Waals surface area contributed by atoms with Gasteiger partial charge in [0.15, 0.2) is 0 Å². The molecule has 2 heteroatoms. The van der Waals surface area contributed by atoms with E-state index in [0.29, 0.717) is 0 Å². The fourth-order valence-electron chi connectivity index (χ4n) is 1.48. The lowest BCUT2D eigenvalue weighted by Crippen LogP contribution is -1.90. The molecule has 66 valence electrons. The highest BCUT2D eigenvalue weighted by Crippen LogP contribution is 2.21. The van der Waals surface area contributed by atoms with Gasteiger partial charge in [0, 0.05) is 24.3 Å². The SMILES string of the molecule is CNc1ccnc2cc(C)ccc12. The summed E-state index contributed by atoms with van der Waals surface area (Å²) < 4.78 is 0. The predicted octanol–water partition coefficient (Wildman–Crippen LogP) is 2.58. The van der Waals surface area contributed by atoms with Crippen LogP contribution in [-0.4, -0.2) is 12.0 Å². The zero-order chi connectivity index (χ0) is 9.26. The molecule has 0 unspecified atom stereocenters. The van der Waals surface area contributed by atoms with Gasteiger partial charge >= 0.3 is 0 Å². The van der Waals surface area contributed by atoms with E-state index in [9.17, 15) is 0 Å². The monoisotopic (exact) mass is 172 g/mol. The Labute approximate surface area is 77.6 Å². The number of hydrogen-bond donors (Lipinski definition) is 1. The first kappa shape index (κ1) is 8.05. The van der Waals surface area contributed by atoms with E-state index in [1.54, 1.807) is 0 Å². The van der Waals surface area contributed by atoms with Gasteiger partial charge in [-0.15, -0.1) is 0 Å². The van der Waals surface area contributed by atoms with Gasteiger partial charge in [-0.05, 0) is 24.6 Å². The van der Waals surface area contributed by atoms with Gasteiger partial charge in [-0.1, -0.05) is 12.1 Å². The summed E-state index contributed by atoms with van der Waals surface area (Å²) in [6.45, 7) is 2.08. The Hall–Kier alpha value is -1.57. The minimum absolute atomic E-state index is 1.05. The molecule has 2 rings (SSSR count). The molecule has 0 bridgehead atoms. The summed E-state index contributed by atoms with van der Waals surface area (Å²) in [7, 11) is 1.93. The lowest BCUT2D eigenvalue weighted by Gasteiger charge is -2.04. The second kappa shape index (κ2) is 3.05. The van der Waals surface area contributed by atoms with Crippen LogP contribution in [0.2, 0.25) is 0 Å². The fourth-order valence-corrected chi connectivity index (χ4v) is 1.48. The number of pyridine rings is 1. The Morgan fingerprint density at radius 2 is 2.08 bits per heavy atom. The Kier molecular flexibility index (Phi) is 1.89. The number of benzene rings is 1. The molecular formula is C11H12N2. The van der Waals surface area contributed by atoms with Crippen molar-refractivity contribution in [3.05, 3.63) is 36.0 Å². The second-order valence-electron chi connectivity index (χ2n) is 3.13. The van der Waals surface area contributed by atoms with E-state index in [0.717, 1.165) is 11.2 Å². The molecule has 2 aromatic rings. The van der Waals surface area contributed by atoms with E-state index in [-0.39, 0.29) is 0 Å². The third kappa shape index (κ3) is 1.35. The first-order valence-corrected chi connectivity index (χ1v) is 4.34. The fraction of sp³-hybridized carbons (Fsp3) is 0.182. The summed E-state index contributed by atoms with van der Waals surface area (Å²) in [5.74, 6) is 0. The van der Waals surface area contributed by atoms with Gasteiger partial charge in [0.05, 0.1) is 5.52 Å². The Morgan fingerprint density at radius 3 is 2.85 bits per heavy atom. The van der Waals surface area contributed by atoms with Crippen molar-refractivity contribution in [3.63, 3.8) is 0 Å². The van der Waals surface area contributed by atoms with Crippen molar-refractivity contribution in [3.8, 4) is 0 Å². The molecule has 1 heterocycles. The first-order chi connectivity index (χ1) is 6.31. The second-order valence-corrected chi connectivity index (χ2v) is 3.13. The van der Waals surface area contributed by atoms with Crippen LogP contribution in [0.4, 0.5) is 5.69 Å². The molecule has 0 aliphatic rings. The lowest BCUT2D eigenvalue weighted by atomic mass is 10.1. The zero-order valence-corrected chi connectivity index (χ0v) is 7.83. The summed E-state index contributed by atoms with van der Waals surface area (Å²) >= 11 is 0. The van der Waals surface area contributed by atoms with Crippen LogP contribution >= 0.6 is 0 Å². The van der Waals surface area contributed by atoms with Gasteiger partial charge in [0.1, 0.15) is 0 Å². The van der Waals surface area contributed by atoms with Crippen molar-refractivity contribution in [2.75, 3.05) is 12.4 Å². The smallest absolute Gasteiger partial charge is 0.0725 e. The maximum atomic E-state index is 4.31. The van der Waals surface area contributed by atoms with E-state index in [1.165, 1.54) is 10.9 Å². The van der Waals surface area contributed by atoms with E-state index in [2.05, 4.69) is 35.4 Å². The van der Waals surface area contributed by atoms with Crippen molar-refractivity contribution in [2.24, 2.45) is 0 Å². The zero-order valence-electron chi connectivity index (χ0n) is 7.83. The maximum Gasteiger partial charge on any atom is 0.0725 e. The standard InChI is InChI=1S/C11H12N2/c1-8-3-4-9-10(12-2)5-6-13-11(9)7-8/h3-7H,1-2H3,(H,12,13). The van der Waals surface area contributed by atoms with Gasteiger partial charge in [0.25, 0.3) is 0 Å². The number of nitrogens with one attached hydrogen (secondary N) is 1. The molecule has 2 nitrogen and oxygen atoms in total. The highest BCUT2D eigenvalue weighted by atomic mass is 14.8. The Bertz CT molecular complexity index is 435. The molecule has 0 aliphatic carbocycles. The Balaban J connectivity index is 2.77. The minimum atomic E-state index is 1.05. The number of rotatable bonds is 1. The van der Waals surface area contributed by atoms with Crippen LogP contribution in [0, 0.1) is 6.92 Å². The van der Waals surface area contributed by atoms with E-state index >= 15 is 0 Å². The van der Waals surface area contributed by atoms with Crippen molar-refractivity contribution in [2.45, 2.75) is 6.92 Å². The van der Waals surface area contributed by atoms with Crippen LogP contribution in [0.3, 0.4) is 0 Å². The maximum absolute atomic E-state index is 4.31. The summed E-state index contributed by atoms with van der Waals surface area (Å²) in [6, 6.07) is 8.28. The summed E-state index contributed by atoms with van der Waals surface area (Å²) in [6.07, 6.45) is 1.83. The molecule has 0 radical (unpaired) electrons. The van der Waals surface area contributed by atoms with E-state index in [1.807, 2.05) is 19.3 Å². The van der Waals surface area contributed by atoms with Crippen LogP contribution in [-0.2, 0) is 0 Å². The van der Waals surface area contributed by atoms with Crippen molar-refractivity contribution < 1.29 is 0 Å². The minimum Gasteiger partial charge on any atom is -0.388 e. The molecule has 1 N–H and O–H groups in total. The molecule has 1 aromatic carbocycles. The molecule has 0 aliphatic heterocycles. The number of fused-ring (bicyclic) bond motifs is 1. The van der Waals surface area contributed by atoms with Crippen LogP contribution in [0.5, 0.6) is 0 Å². The normalized spacial score (nSPS) is 10.3. The Morgan fingerprint density at radius 1 is 1.23 bits per heavy atom. The molecular weight excluding hydrogens is 160 g/mol. The van der Waals surface area contributed by atoms with Gasteiger partial charge in [-0.25, -0.2) is 0 Å². The number of anilines is 1. The van der Waals surface area contributed by atoms with E-state index in [4.69, 9.17) is 0 Å². The average molecular weight is 172 g/mol. The number of aryl methyl sites for hydroxylation is 1. The number of aromatic nitrogens is 1. The quantitative estimate of drug-likeness (QED) is 0.715. The van der Waals surface area contributed by atoms with Crippen LogP contribution in [0.15, 0.2) is 30.5 Å². The highest BCUT2D eigenvalue weighted by molar-refractivity contribution is 5.91. The summed E-state index contributed by atoms with van der Waals surface area (Å²) in [5.41, 5.74) is 3.42. The molecule has 0 spiro atoms. The van der Waals surface area contributed by atoms with Gasteiger partial charge in [-0.3, -0.25) is 4.98 Å². The van der Waals surface area contributed by atoms with Crippen molar-refractivity contribution in [1.29, 1.82) is 0 Å². The molecule has 0 atom stereocenters.